The lowest BCUT2D eigenvalue weighted by molar-refractivity contribution is -0.125. The molecule has 2 amide bonds. The summed E-state index contributed by atoms with van der Waals surface area (Å²) in [4.78, 5) is 25.8. The van der Waals surface area contributed by atoms with Crippen molar-refractivity contribution in [3.63, 3.8) is 0 Å². The van der Waals surface area contributed by atoms with E-state index < -0.39 is 0 Å². The van der Waals surface area contributed by atoms with Crippen LogP contribution in [0.1, 0.15) is 42.1 Å². The molecule has 0 saturated carbocycles. The van der Waals surface area contributed by atoms with Gasteiger partial charge in [0.15, 0.2) is 0 Å². The van der Waals surface area contributed by atoms with E-state index in [1.165, 1.54) is 4.90 Å². The Hall–Kier alpha value is -1.16. The molecule has 19 heavy (non-hydrogen) atoms. The molecule has 1 heterocycles. The molecule has 4 heteroatoms. The van der Waals surface area contributed by atoms with Crippen molar-refractivity contribution in [3.05, 3.63) is 33.8 Å². The zero-order valence-electron chi connectivity index (χ0n) is 11.3. The average molecular weight is 324 g/mol. The summed E-state index contributed by atoms with van der Waals surface area (Å²) in [6, 6.07) is 5.57. The standard InChI is InChI=1S/C15H18BrNO2/c1-3-4-11-8-14(18)17(9-11)15(19)12-6-5-10(2)7-13(12)16/h5-7,11H,3-4,8-9H2,1-2H3. The minimum Gasteiger partial charge on any atom is -0.278 e. The van der Waals surface area contributed by atoms with Crippen molar-refractivity contribution in [2.45, 2.75) is 33.1 Å². The number of imide groups is 1. The molecule has 1 saturated heterocycles. The van der Waals surface area contributed by atoms with E-state index in [-0.39, 0.29) is 11.8 Å². The Morgan fingerprint density at radius 2 is 2.21 bits per heavy atom. The molecule has 1 unspecified atom stereocenters. The molecule has 2 rings (SSSR count). The van der Waals surface area contributed by atoms with E-state index in [1.54, 1.807) is 6.07 Å². The van der Waals surface area contributed by atoms with Crippen LogP contribution in [-0.4, -0.2) is 23.3 Å². The van der Waals surface area contributed by atoms with Gasteiger partial charge in [-0.15, -0.1) is 0 Å². The summed E-state index contributed by atoms with van der Waals surface area (Å²) in [7, 11) is 0. The summed E-state index contributed by atoms with van der Waals surface area (Å²) in [5.41, 5.74) is 1.65. The van der Waals surface area contributed by atoms with E-state index in [4.69, 9.17) is 0 Å². The second-order valence-electron chi connectivity index (χ2n) is 5.15. The van der Waals surface area contributed by atoms with Crippen molar-refractivity contribution in [2.24, 2.45) is 5.92 Å². The lowest BCUT2D eigenvalue weighted by Crippen LogP contribution is -2.32. The monoisotopic (exact) mass is 323 g/mol. The van der Waals surface area contributed by atoms with Gasteiger partial charge in [-0.1, -0.05) is 19.4 Å². The van der Waals surface area contributed by atoms with Crippen LogP contribution in [0.25, 0.3) is 0 Å². The highest BCUT2D eigenvalue weighted by atomic mass is 79.9. The minimum atomic E-state index is -0.185. The van der Waals surface area contributed by atoms with E-state index in [0.717, 1.165) is 22.9 Å². The summed E-state index contributed by atoms with van der Waals surface area (Å²) in [6.07, 6.45) is 2.56. The largest absolute Gasteiger partial charge is 0.278 e. The summed E-state index contributed by atoms with van der Waals surface area (Å²) in [5.74, 6) is 0.0945. The van der Waals surface area contributed by atoms with Crippen LogP contribution >= 0.6 is 15.9 Å². The van der Waals surface area contributed by atoms with Crippen LogP contribution in [-0.2, 0) is 4.79 Å². The fourth-order valence-electron chi connectivity index (χ4n) is 2.52. The van der Waals surface area contributed by atoms with E-state index in [1.807, 2.05) is 19.1 Å². The van der Waals surface area contributed by atoms with Gasteiger partial charge in [-0.05, 0) is 52.9 Å². The van der Waals surface area contributed by atoms with Crippen LogP contribution in [0.4, 0.5) is 0 Å². The third-order valence-corrected chi connectivity index (χ3v) is 4.16. The van der Waals surface area contributed by atoms with Gasteiger partial charge in [0.25, 0.3) is 5.91 Å². The first kappa shape index (κ1) is 14.3. The highest BCUT2D eigenvalue weighted by Gasteiger charge is 2.34. The van der Waals surface area contributed by atoms with Crippen LogP contribution in [0, 0.1) is 12.8 Å². The first-order chi connectivity index (χ1) is 9.02. The summed E-state index contributed by atoms with van der Waals surface area (Å²) in [5, 5.41) is 0. The summed E-state index contributed by atoms with van der Waals surface area (Å²) >= 11 is 3.40. The summed E-state index contributed by atoms with van der Waals surface area (Å²) < 4.78 is 0.754. The molecule has 0 aromatic heterocycles. The maximum absolute atomic E-state index is 12.4. The maximum atomic E-state index is 12.4. The van der Waals surface area contributed by atoms with Gasteiger partial charge in [-0.3, -0.25) is 14.5 Å². The Balaban J connectivity index is 2.18. The topological polar surface area (TPSA) is 37.4 Å². The van der Waals surface area contributed by atoms with Gasteiger partial charge >= 0.3 is 0 Å². The number of carbonyl (C=O) groups is 2. The van der Waals surface area contributed by atoms with Crippen molar-refractivity contribution in [1.82, 2.24) is 4.90 Å². The molecular formula is C15H18BrNO2. The molecule has 0 radical (unpaired) electrons. The van der Waals surface area contributed by atoms with Crippen LogP contribution in [0.3, 0.4) is 0 Å². The molecular weight excluding hydrogens is 306 g/mol. The highest BCUT2D eigenvalue weighted by Crippen LogP contribution is 2.26. The second-order valence-corrected chi connectivity index (χ2v) is 6.01. The molecule has 0 N–H and O–H groups in total. The Morgan fingerprint density at radius 1 is 1.47 bits per heavy atom. The lowest BCUT2D eigenvalue weighted by atomic mass is 10.0. The van der Waals surface area contributed by atoms with Crippen molar-refractivity contribution in [1.29, 1.82) is 0 Å². The Morgan fingerprint density at radius 3 is 2.84 bits per heavy atom. The van der Waals surface area contributed by atoms with Crippen LogP contribution < -0.4 is 0 Å². The maximum Gasteiger partial charge on any atom is 0.261 e. The van der Waals surface area contributed by atoms with Crippen LogP contribution in [0.2, 0.25) is 0 Å². The quantitative estimate of drug-likeness (QED) is 0.798. The molecule has 0 aliphatic carbocycles. The van der Waals surface area contributed by atoms with Crippen LogP contribution in [0.5, 0.6) is 0 Å². The summed E-state index contributed by atoms with van der Waals surface area (Å²) in [6.45, 7) is 4.63. The fourth-order valence-corrected chi connectivity index (χ4v) is 3.18. The predicted octanol–water partition coefficient (Wildman–Crippen LogP) is 3.55. The number of halogens is 1. The van der Waals surface area contributed by atoms with Gasteiger partial charge in [0.05, 0.1) is 5.56 Å². The first-order valence-corrected chi connectivity index (χ1v) is 7.43. The number of carbonyl (C=O) groups excluding carboxylic acids is 2. The number of rotatable bonds is 3. The van der Waals surface area contributed by atoms with Crippen LogP contribution in [0.15, 0.2) is 22.7 Å². The van der Waals surface area contributed by atoms with E-state index >= 15 is 0 Å². The van der Waals surface area contributed by atoms with E-state index in [2.05, 4.69) is 22.9 Å². The number of aryl methyl sites for hydroxylation is 1. The number of benzene rings is 1. The fraction of sp³-hybridized carbons (Fsp3) is 0.467. The molecule has 1 aliphatic heterocycles. The SMILES string of the molecule is CCCC1CC(=O)N(C(=O)c2ccc(C)cc2Br)C1. The van der Waals surface area contributed by atoms with Gasteiger partial charge in [-0.25, -0.2) is 0 Å². The Kier molecular flexibility index (Phi) is 4.40. The molecule has 1 fully saturated rings. The zero-order chi connectivity index (χ0) is 14.0. The van der Waals surface area contributed by atoms with E-state index in [9.17, 15) is 9.59 Å². The van der Waals surface area contributed by atoms with Gasteiger partial charge in [0.2, 0.25) is 5.91 Å². The molecule has 3 nitrogen and oxygen atoms in total. The Labute approximate surface area is 122 Å². The number of amides is 2. The molecule has 102 valence electrons. The molecule has 0 bridgehead atoms. The van der Waals surface area contributed by atoms with Crippen molar-refractivity contribution < 1.29 is 9.59 Å². The zero-order valence-corrected chi connectivity index (χ0v) is 12.9. The molecule has 0 spiro atoms. The second kappa shape index (κ2) is 5.87. The number of likely N-dealkylation sites (tertiary alicyclic amines) is 1. The lowest BCUT2D eigenvalue weighted by Gasteiger charge is -2.16. The van der Waals surface area contributed by atoms with Gasteiger partial charge in [0, 0.05) is 17.4 Å². The van der Waals surface area contributed by atoms with Gasteiger partial charge in [-0.2, -0.15) is 0 Å². The number of nitrogens with zero attached hydrogens (tertiary/aromatic N) is 1. The first-order valence-electron chi connectivity index (χ1n) is 6.63. The average Bonchev–Trinajstić information content (AvgIpc) is 2.70. The predicted molar refractivity (Wildman–Crippen MR) is 77.9 cm³/mol. The third-order valence-electron chi connectivity index (χ3n) is 3.50. The molecule has 1 aromatic rings. The third kappa shape index (κ3) is 3.06. The molecule has 1 atom stereocenters. The van der Waals surface area contributed by atoms with Crippen molar-refractivity contribution in [2.75, 3.05) is 6.54 Å². The normalized spacial score (nSPS) is 19.0. The smallest absolute Gasteiger partial charge is 0.261 e. The highest BCUT2D eigenvalue weighted by molar-refractivity contribution is 9.10. The number of hydrogen-bond donors (Lipinski definition) is 0. The Bertz CT molecular complexity index is 513. The molecule has 1 aromatic carbocycles. The van der Waals surface area contributed by atoms with Crippen molar-refractivity contribution in [3.8, 4) is 0 Å². The number of hydrogen-bond acceptors (Lipinski definition) is 2. The molecule has 1 aliphatic rings. The van der Waals surface area contributed by atoms with Gasteiger partial charge < -0.3 is 0 Å². The van der Waals surface area contributed by atoms with Gasteiger partial charge in [0.1, 0.15) is 0 Å². The van der Waals surface area contributed by atoms with Crippen molar-refractivity contribution >= 4 is 27.7 Å². The minimum absolute atomic E-state index is 0.0454. The van der Waals surface area contributed by atoms with E-state index in [0.29, 0.717) is 24.4 Å².